The Kier molecular flexibility index (Phi) is 4.04. The number of benzene rings is 1. The summed E-state index contributed by atoms with van der Waals surface area (Å²) in [6.45, 7) is 1.87. The summed E-state index contributed by atoms with van der Waals surface area (Å²) >= 11 is 0. The van der Waals surface area contributed by atoms with Crippen LogP contribution in [0.1, 0.15) is 16.7 Å². The SMILES string of the molecule is Cc1ccc(CS(=O)(=O)c2ccc(C(F)(F)F)cn2)cc1. The molecule has 1 heterocycles. The van der Waals surface area contributed by atoms with Crippen molar-refractivity contribution >= 4 is 9.84 Å². The number of rotatable bonds is 3. The van der Waals surface area contributed by atoms with E-state index in [1.807, 2.05) is 6.92 Å². The highest BCUT2D eigenvalue weighted by molar-refractivity contribution is 7.90. The fraction of sp³-hybridized carbons (Fsp3) is 0.214. The molecule has 0 aliphatic carbocycles. The maximum atomic E-state index is 12.4. The molecule has 2 aromatic rings. The lowest BCUT2D eigenvalue weighted by Crippen LogP contribution is -2.10. The Hall–Kier alpha value is -1.89. The largest absolute Gasteiger partial charge is 0.417 e. The quantitative estimate of drug-likeness (QED) is 0.872. The zero-order valence-corrected chi connectivity index (χ0v) is 11.9. The molecular weight excluding hydrogens is 303 g/mol. The third-order valence-corrected chi connectivity index (χ3v) is 4.45. The molecule has 2 rings (SSSR count). The van der Waals surface area contributed by atoms with Gasteiger partial charge in [0, 0.05) is 6.20 Å². The third-order valence-electron chi connectivity index (χ3n) is 2.86. The van der Waals surface area contributed by atoms with Crippen molar-refractivity contribution in [2.75, 3.05) is 0 Å². The van der Waals surface area contributed by atoms with E-state index < -0.39 is 21.6 Å². The summed E-state index contributed by atoms with van der Waals surface area (Å²) in [5.74, 6) is -0.300. The van der Waals surface area contributed by atoms with Crippen LogP contribution in [0, 0.1) is 6.92 Å². The number of alkyl halides is 3. The molecule has 1 aromatic carbocycles. The summed E-state index contributed by atoms with van der Waals surface area (Å²) in [6.07, 6.45) is -4.01. The molecule has 3 nitrogen and oxygen atoms in total. The lowest BCUT2D eigenvalue weighted by Gasteiger charge is -2.08. The van der Waals surface area contributed by atoms with Crippen LogP contribution in [-0.2, 0) is 21.8 Å². The number of hydrogen-bond acceptors (Lipinski definition) is 3. The first-order valence-corrected chi connectivity index (χ1v) is 7.65. The normalized spacial score (nSPS) is 12.4. The summed E-state index contributed by atoms with van der Waals surface area (Å²) in [6, 6.07) is 8.46. The van der Waals surface area contributed by atoms with Crippen molar-refractivity contribution in [1.82, 2.24) is 4.98 Å². The van der Waals surface area contributed by atoms with Gasteiger partial charge in [0.1, 0.15) is 0 Å². The molecule has 0 saturated heterocycles. The van der Waals surface area contributed by atoms with Crippen LogP contribution < -0.4 is 0 Å². The van der Waals surface area contributed by atoms with Gasteiger partial charge in [0.15, 0.2) is 14.9 Å². The average molecular weight is 315 g/mol. The first-order valence-electron chi connectivity index (χ1n) is 6.00. The second-order valence-corrected chi connectivity index (χ2v) is 6.56. The second-order valence-electron chi connectivity index (χ2n) is 4.63. The van der Waals surface area contributed by atoms with Gasteiger partial charge in [0.25, 0.3) is 0 Å². The second kappa shape index (κ2) is 5.48. The predicted molar refractivity (Wildman–Crippen MR) is 71.3 cm³/mol. The van der Waals surface area contributed by atoms with Gasteiger partial charge in [-0.05, 0) is 24.6 Å². The van der Waals surface area contributed by atoms with Crippen LogP contribution in [0.2, 0.25) is 0 Å². The smallest absolute Gasteiger partial charge is 0.244 e. The highest BCUT2D eigenvalue weighted by Gasteiger charge is 2.31. The molecule has 112 valence electrons. The van der Waals surface area contributed by atoms with E-state index >= 15 is 0 Å². The minimum atomic E-state index is -4.54. The number of aryl methyl sites for hydroxylation is 1. The Balaban J connectivity index is 2.25. The molecule has 0 fully saturated rings. The van der Waals surface area contributed by atoms with Crippen molar-refractivity contribution < 1.29 is 21.6 Å². The Labute approximate surface area is 120 Å². The molecule has 0 atom stereocenters. The van der Waals surface area contributed by atoms with Crippen LogP contribution in [0.25, 0.3) is 0 Å². The maximum absolute atomic E-state index is 12.4. The molecule has 0 amide bonds. The fourth-order valence-electron chi connectivity index (χ4n) is 1.71. The Morgan fingerprint density at radius 1 is 1.05 bits per heavy atom. The summed E-state index contributed by atoms with van der Waals surface area (Å²) in [5, 5.41) is -0.365. The van der Waals surface area contributed by atoms with Gasteiger partial charge < -0.3 is 0 Å². The summed E-state index contributed by atoms with van der Waals surface area (Å²) in [4.78, 5) is 3.42. The van der Waals surface area contributed by atoms with Gasteiger partial charge in [-0.1, -0.05) is 29.8 Å². The summed E-state index contributed by atoms with van der Waals surface area (Å²) in [5.41, 5.74) is 0.572. The molecule has 0 unspecified atom stereocenters. The van der Waals surface area contributed by atoms with Crippen LogP contribution in [0.5, 0.6) is 0 Å². The number of hydrogen-bond donors (Lipinski definition) is 0. The highest BCUT2D eigenvalue weighted by atomic mass is 32.2. The van der Waals surface area contributed by atoms with Crippen LogP contribution in [0.3, 0.4) is 0 Å². The van der Waals surface area contributed by atoms with Gasteiger partial charge in [0.05, 0.1) is 11.3 Å². The molecule has 0 spiro atoms. The van der Waals surface area contributed by atoms with Gasteiger partial charge >= 0.3 is 6.18 Å². The van der Waals surface area contributed by atoms with Crippen LogP contribution >= 0.6 is 0 Å². The van der Waals surface area contributed by atoms with E-state index in [1.165, 1.54) is 0 Å². The zero-order chi connectivity index (χ0) is 15.7. The van der Waals surface area contributed by atoms with Crippen LogP contribution in [0.4, 0.5) is 13.2 Å². The minimum absolute atomic E-state index is 0.300. The number of nitrogens with zero attached hydrogens (tertiary/aromatic N) is 1. The summed E-state index contributed by atoms with van der Waals surface area (Å²) in [7, 11) is -3.77. The predicted octanol–water partition coefficient (Wildman–Crippen LogP) is 3.38. The standard InChI is InChI=1S/C14H12F3NO2S/c1-10-2-4-11(5-3-10)9-21(19,20)13-7-6-12(8-18-13)14(15,16)17/h2-8H,9H2,1H3. The molecule has 1 aromatic heterocycles. The van der Waals surface area contributed by atoms with E-state index in [4.69, 9.17) is 0 Å². The molecular formula is C14H12F3NO2S. The topological polar surface area (TPSA) is 47.0 Å². The summed E-state index contributed by atoms with van der Waals surface area (Å²) < 4.78 is 61.4. The van der Waals surface area contributed by atoms with E-state index in [-0.39, 0.29) is 10.8 Å². The number of sulfone groups is 1. The van der Waals surface area contributed by atoms with Gasteiger partial charge in [0.2, 0.25) is 0 Å². The molecule has 7 heteroatoms. The van der Waals surface area contributed by atoms with E-state index in [0.29, 0.717) is 11.8 Å². The molecule has 0 radical (unpaired) electrons. The fourth-order valence-corrected chi connectivity index (χ4v) is 2.98. The lowest BCUT2D eigenvalue weighted by atomic mass is 10.2. The Morgan fingerprint density at radius 3 is 2.14 bits per heavy atom. The number of pyridine rings is 1. The molecule has 0 aliphatic rings. The Bertz CT molecular complexity index is 720. The van der Waals surface area contributed by atoms with Crippen molar-refractivity contribution in [3.8, 4) is 0 Å². The monoisotopic (exact) mass is 315 g/mol. The third kappa shape index (κ3) is 3.81. The molecule has 21 heavy (non-hydrogen) atoms. The highest BCUT2D eigenvalue weighted by Crippen LogP contribution is 2.29. The Morgan fingerprint density at radius 2 is 1.67 bits per heavy atom. The van der Waals surface area contributed by atoms with E-state index in [1.54, 1.807) is 24.3 Å². The van der Waals surface area contributed by atoms with E-state index in [0.717, 1.165) is 17.7 Å². The minimum Gasteiger partial charge on any atom is -0.244 e. The van der Waals surface area contributed by atoms with Crippen molar-refractivity contribution in [3.05, 3.63) is 59.3 Å². The van der Waals surface area contributed by atoms with Crippen LogP contribution in [0.15, 0.2) is 47.6 Å². The number of aromatic nitrogens is 1. The molecule has 0 aliphatic heterocycles. The van der Waals surface area contributed by atoms with E-state index in [9.17, 15) is 21.6 Å². The van der Waals surface area contributed by atoms with E-state index in [2.05, 4.69) is 4.98 Å². The molecule has 0 saturated carbocycles. The van der Waals surface area contributed by atoms with Crippen LogP contribution in [-0.4, -0.2) is 13.4 Å². The van der Waals surface area contributed by atoms with Crippen molar-refractivity contribution in [3.63, 3.8) is 0 Å². The molecule has 0 bridgehead atoms. The van der Waals surface area contributed by atoms with Crippen molar-refractivity contribution in [1.29, 1.82) is 0 Å². The number of halogens is 3. The maximum Gasteiger partial charge on any atom is 0.417 e. The van der Waals surface area contributed by atoms with Gasteiger partial charge in [-0.3, -0.25) is 0 Å². The first kappa shape index (κ1) is 15.5. The van der Waals surface area contributed by atoms with Gasteiger partial charge in [-0.15, -0.1) is 0 Å². The first-order chi connectivity index (χ1) is 9.68. The van der Waals surface area contributed by atoms with Gasteiger partial charge in [-0.2, -0.15) is 13.2 Å². The average Bonchev–Trinajstić information content (AvgIpc) is 2.40. The van der Waals surface area contributed by atoms with Crippen molar-refractivity contribution in [2.24, 2.45) is 0 Å². The lowest BCUT2D eigenvalue weighted by molar-refractivity contribution is -0.137. The van der Waals surface area contributed by atoms with Crippen molar-refractivity contribution in [2.45, 2.75) is 23.9 Å². The molecule has 0 N–H and O–H groups in total. The zero-order valence-electron chi connectivity index (χ0n) is 11.1. The van der Waals surface area contributed by atoms with Gasteiger partial charge in [-0.25, -0.2) is 13.4 Å².